The lowest BCUT2D eigenvalue weighted by atomic mass is 9.93. The van der Waals surface area contributed by atoms with Gasteiger partial charge in [-0.3, -0.25) is 9.69 Å². The maximum Gasteiger partial charge on any atom is 0.326 e. The van der Waals surface area contributed by atoms with Gasteiger partial charge in [0.15, 0.2) is 0 Å². The van der Waals surface area contributed by atoms with Gasteiger partial charge in [-0.2, -0.15) is 0 Å². The Labute approximate surface area is 257 Å². The molecule has 8 nitrogen and oxygen atoms in total. The van der Waals surface area contributed by atoms with E-state index in [2.05, 4.69) is 17.1 Å². The molecule has 3 unspecified atom stereocenters. The first-order valence-corrected chi connectivity index (χ1v) is 17.9. The van der Waals surface area contributed by atoms with E-state index in [1.54, 1.807) is 6.07 Å². The van der Waals surface area contributed by atoms with Crippen LogP contribution in [-0.2, 0) is 25.8 Å². The van der Waals surface area contributed by atoms with E-state index in [-0.39, 0.29) is 12.2 Å². The average molecular weight is 613 g/mol. The van der Waals surface area contributed by atoms with Crippen LogP contribution in [0.15, 0.2) is 42.5 Å². The molecule has 2 N–H and O–H groups in total. The minimum Gasteiger partial charge on any atom is -0.480 e. The smallest absolute Gasteiger partial charge is 0.326 e. The maximum atomic E-state index is 13.4. The van der Waals surface area contributed by atoms with Gasteiger partial charge in [0, 0.05) is 31.0 Å². The number of likely N-dealkylation sites (tertiary alicyclic amines) is 1. The van der Waals surface area contributed by atoms with Gasteiger partial charge in [0.1, 0.15) is 15.9 Å². The molecule has 2 aromatic carbocycles. The molecular weight excluding hydrogens is 564 g/mol. The Kier molecular flexibility index (Phi) is 11.8. The number of carbonyl (C=O) groups excluding carboxylic acids is 1. The van der Waals surface area contributed by atoms with E-state index in [9.17, 15) is 23.1 Å². The highest BCUT2D eigenvalue weighted by Crippen LogP contribution is 2.31. The number of ether oxygens (including phenoxy) is 1. The number of hydrogen-bond acceptors (Lipinski definition) is 6. The second-order valence-corrected chi connectivity index (χ2v) is 14.7. The van der Waals surface area contributed by atoms with Gasteiger partial charge < -0.3 is 15.2 Å². The van der Waals surface area contributed by atoms with Gasteiger partial charge in [0.2, 0.25) is 0 Å². The summed E-state index contributed by atoms with van der Waals surface area (Å²) in [5.41, 5.74) is 4.13. The molecule has 0 bridgehead atoms. The predicted octanol–water partition coefficient (Wildman–Crippen LogP) is 5.27. The van der Waals surface area contributed by atoms with Crippen molar-refractivity contribution in [1.82, 2.24) is 10.2 Å². The highest BCUT2D eigenvalue weighted by molar-refractivity contribution is 7.90. The van der Waals surface area contributed by atoms with E-state index in [1.807, 2.05) is 43.3 Å². The summed E-state index contributed by atoms with van der Waals surface area (Å²) in [5.74, 6) is -1.44. The number of sulfone groups is 1. The lowest BCUT2D eigenvalue weighted by Gasteiger charge is -2.28. The van der Waals surface area contributed by atoms with E-state index in [1.165, 1.54) is 44.9 Å². The summed E-state index contributed by atoms with van der Waals surface area (Å²) in [4.78, 5) is 27.9. The Balaban J connectivity index is 1.51. The SMILES string of the molecule is CCC1CC(COC2CCCCC2)N(CCc2ccc(C(=O)NC(CCS(C)(=O)=O)C(=O)O)c(-c3ccccc3C)c2)C1. The van der Waals surface area contributed by atoms with Crippen molar-refractivity contribution in [1.29, 1.82) is 0 Å². The first kappa shape index (κ1) is 33.1. The summed E-state index contributed by atoms with van der Waals surface area (Å²) >= 11 is 0. The largest absolute Gasteiger partial charge is 0.480 e. The Morgan fingerprint density at radius 2 is 1.84 bits per heavy atom. The fourth-order valence-corrected chi connectivity index (χ4v) is 7.12. The van der Waals surface area contributed by atoms with E-state index < -0.39 is 27.8 Å². The number of aryl methyl sites for hydroxylation is 1. The number of amides is 1. The molecule has 0 radical (unpaired) electrons. The van der Waals surface area contributed by atoms with Crippen LogP contribution in [0.2, 0.25) is 0 Å². The highest BCUT2D eigenvalue weighted by atomic mass is 32.2. The molecule has 2 aliphatic rings. The Bertz CT molecular complexity index is 1350. The molecule has 2 fully saturated rings. The number of aliphatic carboxylic acids is 1. The summed E-state index contributed by atoms with van der Waals surface area (Å²) in [7, 11) is -3.37. The number of nitrogens with zero attached hydrogens (tertiary/aromatic N) is 1. The van der Waals surface area contributed by atoms with Crippen LogP contribution in [0.1, 0.15) is 79.8 Å². The number of carboxylic acids is 1. The number of carboxylic acid groups (broad SMARTS) is 1. The van der Waals surface area contributed by atoms with E-state index in [0.29, 0.717) is 23.6 Å². The molecule has 1 saturated carbocycles. The topological polar surface area (TPSA) is 113 Å². The van der Waals surface area contributed by atoms with Gasteiger partial charge in [0.05, 0.1) is 18.5 Å². The third kappa shape index (κ3) is 9.62. The normalized spacial score (nSPS) is 20.6. The van der Waals surface area contributed by atoms with Crippen molar-refractivity contribution in [2.45, 2.75) is 89.8 Å². The first-order chi connectivity index (χ1) is 20.5. The second-order valence-electron chi connectivity index (χ2n) is 12.5. The van der Waals surface area contributed by atoms with Crippen molar-refractivity contribution in [3.63, 3.8) is 0 Å². The van der Waals surface area contributed by atoms with Crippen LogP contribution in [0.3, 0.4) is 0 Å². The minimum absolute atomic E-state index is 0.197. The minimum atomic E-state index is -3.37. The summed E-state index contributed by atoms with van der Waals surface area (Å²) in [6, 6.07) is 12.7. The van der Waals surface area contributed by atoms with Crippen LogP contribution in [-0.4, -0.2) is 80.2 Å². The number of rotatable bonds is 14. The Hall–Kier alpha value is -2.75. The molecule has 1 saturated heterocycles. The second kappa shape index (κ2) is 15.3. The summed E-state index contributed by atoms with van der Waals surface area (Å²) in [6.07, 6.45) is 10.6. The number of carbonyl (C=O) groups is 2. The fourth-order valence-electron chi connectivity index (χ4n) is 6.45. The molecule has 2 aromatic rings. The summed E-state index contributed by atoms with van der Waals surface area (Å²) in [5, 5.41) is 12.2. The Morgan fingerprint density at radius 3 is 2.51 bits per heavy atom. The molecule has 0 spiro atoms. The molecule has 3 atom stereocenters. The van der Waals surface area contributed by atoms with E-state index in [4.69, 9.17) is 4.74 Å². The zero-order valence-corrected chi connectivity index (χ0v) is 26.7. The average Bonchev–Trinajstić information content (AvgIpc) is 3.39. The molecule has 43 heavy (non-hydrogen) atoms. The third-order valence-corrected chi connectivity index (χ3v) is 10.1. The molecule has 1 aliphatic heterocycles. The van der Waals surface area contributed by atoms with Gasteiger partial charge in [-0.05, 0) is 73.3 Å². The molecule has 236 valence electrons. The first-order valence-electron chi connectivity index (χ1n) is 15.8. The van der Waals surface area contributed by atoms with Crippen molar-refractivity contribution in [2.24, 2.45) is 5.92 Å². The molecular formula is C34H48N2O6S. The number of hydrogen-bond donors (Lipinski definition) is 2. The number of benzene rings is 2. The van der Waals surface area contributed by atoms with E-state index >= 15 is 0 Å². The molecule has 1 amide bonds. The van der Waals surface area contributed by atoms with Gasteiger partial charge in [-0.1, -0.05) is 69.0 Å². The fraction of sp³-hybridized carbons (Fsp3) is 0.588. The van der Waals surface area contributed by atoms with Crippen molar-refractivity contribution in [3.05, 3.63) is 59.2 Å². The molecule has 0 aromatic heterocycles. The van der Waals surface area contributed by atoms with Gasteiger partial charge in [-0.25, -0.2) is 13.2 Å². The summed E-state index contributed by atoms with van der Waals surface area (Å²) in [6.45, 7) is 7.02. The Morgan fingerprint density at radius 1 is 1.09 bits per heavy atom. The van der Waals surface area contributed by atoms with Crippen LogP contribution in [0.4, 0.5) is 0 Å². The number of nitrogens with one attached hydrogen (secondary N) is 1. The van der Waals surface area contributed by atoms with Crippen molar-refractivity contribution in [3.8, 4) is 11.1 Å². The maximum absolute atomic E-state index is 13.4. The van der Waals surface area contributed by atoms with Crippen LogP contribution in [0.25, 0.3) is 11.1 Å². The van der Waals surface area contributed by atoms with Gasteiger partial charge >= 0.3 is 5.97 Å². The van der Waals surface area contributed by atoms with Crippen LogP contribution < -0.4 is 5.32 Å². The zero-order valence-electron chi connectivity index (χ0n) is 25.9. The van der Waals surface area contributed by atoms with Gasteiger partial charge in [0.25, 0.3) is 5.91 Å². The van der Waals surface area contributed by atoms with Crippen LogP contribution in [0.5, 0.6) is 0 Å². The highest BCUT2D eigenvalue weighted by Gasteiger charge is 2.32. The third-order valence-electron chi connectivity index (χ3n) is 9.10. The molecule has 9 heteroatoms. The van der Waals surface area contributed by atoms with Crippen molar-refractivity contribution >= 4 is 21.7 Å². The van der Waals surface area contributed by atoms with Crippen molar-refractivity contribution in [2.75, 3.05) is 31.7 Å². The lowest BCUT2D eigenvalue weighted by Crippen LogP contribution is -2.42. The van der Waals surface area contributed by atoms with Gasteiger partial charge in [-0.15, -0.1) is 0 Å². The standard InChI is InChI=1S/C34H48N2O6S/c1-4-25-20-27(23-42-28-11-6-5-7-12-28)36(22-25)18-16-26-14-15-30(31(21-26)29-13-9-8-10-24(29)2)33(37)35-32(34(38)39)17-19-43(3,40)41/h8-10,13-15,21,25,27-28,32H,4-7,11-12,16-20,22-23H2,1-3H3,(H,35,37)(H,38,39). The predicted molar refractivity (Wildman–Crippen MR) is 170 cm³/mol. The molecule has 4 rings (SSSR count). The zero-order chi connectivity index (χ0) is 31.0. The van der Waals surface area contributed by atoms with Crippen molar-refractivity contribution < 1.29 is 27.9 Å². The van der Waals surface area contributed by atoms with E-state index in [0.717, 1.165) is 54.6 Å². The quantitative estimate of drug-likeness (QED) is 0.299. The van der Waals surface area contributed by atoms with Crippen LogP contribution in [0, 0.1) is 12.8 Å². The monoisotopic (exact) mass is 612 g/mol. The lowest BCUT2D eigenvalue weighted by molar-refractivity contribution is -0.139. The molecule has 1 heterocycles. The molecule has 1 aliphatic carbocycles. The van der Waals surface area contributed by atoms with Crippen LogP contribution >= 0.6 is 0 Å². The summed E-state index contributed by atoms with van der Waals surface area (Å²) < 4.78 is 29.7.